The van der Waals surface area contributed by atoms with Gasteiger partial charge in [0.25, 0.3) is 0 Å². The molecule has 0 bridgehead atoms. The zero-order valence-corrected chi connectivity index (χ0v) is 9.88. The Labute approximate surface area is 66.6 Å². The van der Waals surface area contributed by atoms with Gasteiger partial charge in [0, 0.05) is 22.5 Å². The minimum atomic E-state index is -0.614. The molecule has 0 aliphatic rings. The Kier molecular flexibility index (Phi) is 4.89. The standard InChI is InChI=1S/C6H17ClSi2/c1-9(2,3)8-6-4-5-7/h4-6,8H2,1-3H3. The smallest absolute Gasteiger partial charge is 0.0310 e. The highest BCUT2D eigenvalue weighted by atomic mass is 35.5. The summed E-state index contributed by atoms with van der Waals surface area (Å²) in [6.07, 6.45) is 1.26. The Balaban J connectivity index is 3.07. The van der Waals surface area contributed by atoms with Gasteiger partial charge in [0.1, 0.15) is 0 Å². The van der Waals surface area contributed by atoms with Crippen molar-refractivity contribution < 1.29 is 0 Å². The first-order valence-corrected chi connectivity index (χ1v) is 11.0. The van der Waals surface area contributed by atoms with Crippen LogP contribution in [0.2, 0.25) is 25.7 Å². The number of hydrogen-bond donors (Lipinski definition) is 0. The van der Waals surface area contributed by atoms with Crippen LogP contribution in [0.3, 0.4) is 0 Å². The van der Waals surface area contributed by atoms with E-state index in [2.05, 4.69) is 19.6 Å². The molecule has 0 atom stereocenters. The number of hydrogen-bond acceptors (Lipinski definition) is 0. The van der Waals surface area contributed by atoms with E-state index in [1.165, 1.54) is 12.5 Å². The van der Waals surface area contributed by atoms with Crippen LogP contribution in [0.15, 0.2) is 0 Å². The number of halogens is 1. The van der Waals surface area contributed by atoms with Crippen molar-refractivity contribution in [2.75, 3.05) is 5.88 Å². The summed E-state index contributed by atoms with van der Waals surface area (Å²) in [5.74, 6) is 0.872. The first kappa shape index (κ1) is 9.72. The van der Waals surface area contributed by atoms with Crippen LogP contribution in [0, 0.1) is 0 Å². The van der Waals surface area contributed by atoms with Crippen LogP contribution >= 0.6 is 11.6 Å². The average molecular weight is 181 g/mol. The predicted molar refractivity (Wildman–Crippen MR) is 52.0 cm³/mol. The summed E-state index contributed by atoms with van der Waals surface area (Å²) < 4.78 is 0. The van der Waals surface area contributed by atoms with Crippen molar-refractivity contribution in [3.05, 3.63) is 0 Å². The van der Waals surface area contributed by atoms with E-state index in [0.29, 0.717) is 9.04 Å². The van der Waals surface area contributed by atoms with E-state index >= 15 is 0 Å². The van der Waals surface area contributed by atoms with Crippen LogP contribution < -0.4 is 0 Å². The zero-order chi connectivity index (χ0) is 7.33. The van der Waals surface area contributed by atoms with Crippen LogP contribution in [0.5, 0.6) is 0 Å². The third-order valence-corrected chi connectivity index (χ3v) is 9.49. The maximum atomic E-state index is 5.57. The lowest BCUT2D eigenvalue weighted by atomic mass is 10.6. The molecule has 0 heterocycles. The summed E-state index contributed by atoms with van der Waals surface area (Å²) >= 11 is 5.57. The molecule has 0 fully saturated rings. The molecule has 0 radical (unpaired) electrons. The Morgan fingerprint density at radius 1 is 1.33 bits per heavy atom. The van der Waals surface area contributed by atoms with E-state index in [4.69, 9.17) is 11.6 Å². The summed E-state index contributed by atoms with van der Waals surface area (Å²) in [5, 5.41) is 0. The largest absolute Gasteiger partial charge is 0.127 e. The minimum absolute atomic E-state index is 0.293. The summed E-state index contributed by atoms with van der Waals surface area (Å²) in [6.45, 7) is 7.40. The van der Waals surface area contributed by atoms with Crippen molar-refractivity contribution >= 4 is 28.2 Å². The fraction of sp³-hybridized carbons (Fsp3) is 1.00. The molecule has 0 rings (SSSR count). The molecule has 0 aromatic heterocycles. The highest BCUT2D eigenvalue weighted by molar-refractivity contribution is 7.23. The molecule has 0 N–H and O–H groups in total. The topological polar surface area (TPSA) is 0 Å². The summed E-state index contributed by atoms with van der Waals surface area (Å²) in [5.41, 5.74) is 0. The lowest BCUT2D eigenvalue weighted by Gasteiger charge is -2.13. The Hall–Kier alpha value is 0.724. The average Bonchev–Trinajstić information content (AvgIpc) is 1.63. The van der Waals surface area contributed by atoms with Gasteiger partial charge in [-0.25, -0.2) is 0 Å². The van der Waals surface area contributed by atoms with Crippen molar-refractivity contribution in [3.8, 4) is 0 Å². The van der Waals surface area contributed by atoms with E-state index in [0.717, 1.165) is 5.88 Å². The number of rotatable bonds is 4. The third-order valence-electron chi connectivity index (χ3n) is 1.31. The van der Waals surface area contributed by atoms with Crippen molar-refractivity contribution in [1.82, 2.24) is 0 Å². The second-order valence-electron chi connectivity index (χ2n) is 3.71. The van der Waals surface area contributed by atoms with Crippen LogP contribution in [0.1, 0.15) is 6.42 Å². The van der Waals surface area contributed by atoms with E-state index in [-0.39, 0.29) is 0 Å². The molecule has 0 aromatic rings. The van der Waals surface area contributed by atoms with Gasteiger partial charge in [-0.2, -0.15) is 0 Å². The van der Waals surface area contributed by atoms with Crippen molar-refractivity contribution in [2.24, 2.45) is 0 Å². The van der Waals surface area contributed by atoms with Gasteiger partial charge in [-0.3, -0.25) is 0 Å². The molecule has 0 aliphatic heterocycles. The molecule has 0 saturated carbocycles. The predicted octanol–water partition coefficient (Wildman–Crippen LogP) is 2.04. The quantitative estimate of drug-likeness (QED) is 0.353. The van der Waals surface area contributed by atoms with Gasteiger partial charge in [0.05, 0.1) is 0 Å². The SMILES string of the molecule is C[Si](C)(C)[SiH2]CCCCl. The Morgan fingerprint density at radius 2 is 1.89 bits per heavy atom. The van der Waals surface area contributed by atoms with Gasteiger partial charge < -0.3 is 0 Å². The fourth-order valence-electron chi connectivity index (χ4n) is 0.750. The molecule has 0 aliphatic carbocycles. The molecule has 0 nitrogen and oxygen atoms in total. The van der Waals surface area contributed by atoms with Crippen molar-refractivity contribution in [2.45, 2.75) is 32.1 Å². The molecular formula is C6H17ClSi2. The molecule has 0 spiro atoms. The first-order valence-electron chi connectivity index (χ1n) is 3.62. The molecule has 0 saturated heterocycles. The number of alkyl halides is 1. The van der Waals surface area contributed by atoms with Crippen LogP contribution in [0.25, 0.3) is 0 Å². The van der Waals surface area contributed by atoms with E-state index < -0.39 is 7.59 Å². The maximum Gasteiger partial charge on any atom is 0.0310 e. The highest BCUT2D eigenvalue weighted by Gasteiger charge is 2.11. The van der Waals surface area contributed by atoms with E-state index in [1.807, 2.05) is 0 Å². The fourth-order valence-corrected chi connectivity index (χ4v) is 6.75. The normalized spacial score (nSPS) is 13.3. The monoisotopic (exact) mass is 180 g/mol. The molecule has 0 unspecified atom stereocenters. The van der Waals surface area contributed by atoms with Gasteiger partial charge >= 0.3 is 0 Å². The molecule has 9 heavy (non-hydrogen) atoms. The second-order valence-corrected chi connectivity index (χ2v) is 18.3. The van der Waals surface area contributed by atoms with Crippen LogP contribution in [-0.4, -0.2) is 22.5 Å². The Bertz CT molecular complexity index is 67.9. The van der Waals surface area contributed by atoms with Gasteiger partial charge in [0.2, 0.25) is 0 Å². The van der Waals surface area contributed by atoms with Crippen molar-refractivity contribution in [3.63, 3.8) is 0 Å². The summed E-state index contributed by atoms with van der Waals surface area (Å²) in [6, 6.07) is 1.47. The molecule has 3 heteroatoms. The lowest BCUT2D eigenvalue weighted by Crippen LogP contribution is -2.29. The van der Waals surface area contributed by atoms with Gasteiger partial charge in [-0.1, -0.05) is 25.7 Å². The molecule has 0 aromatic carbocycles. The van der Waals surface area contributed by atoms with E-state index in [9.17, 15) is 0 Å². The first-order chi connectivity index (χ1) is 4.06. The summed E-state index contributed by atoms with van der Waals surface area (Å²) in [4.78, 5) is 0. The highest BCUT2D eigenvalue weighted by Crippen LogP contribution is 2.02. The van der Waals surface area contributed by atoms with Gasteiger partial charge in [-0.05, 0) is 6.42 Å². The zero-order valence-electron chi connectivity index (χ0n) is 6.71. The van der Waals surface area contributed by atoms with E-state index in [1.54, 1.807) is 0 Å². The third kappa shape index (κ3) is 8.72. The van der Waals surface area contributed by atoms with Crippen molar-refractivity contribution in [1.29, 1.82) is 0 Å². The maximum absolute atomic E-state index is 5.57. The van der Waals surface area contributed by atoms with Gasteiger partial charge in [-0.15, -0.1) is 11.6 Å². The second kappa shape index (κ2) is 4.53. The molecular weight excluding hydrogens is 164 g/mol. The summed E-state index contributed by atoms with van der Waals surface area (Å²) in [7, 11) is -0.321. The minimum Gasteiger partial charge on any atom is -0.127 e. The molecule has 56 valence electrons. The van der Waals surface area contributed by atoms with Crippen LogP contribution in [0.4, 0.5) is 0 Å². The molecule has 0 amide bonds. The van der Waals surface area contributed by atoms with Gasteiger partial charge in [0.15, 0.2) is 0 Å². The Morgan fingerprint density at radius 3 is 2.22 bits per heavy atom. The van der Waals surface area contributed by atoms with Crippen LogP contribution in [-0.2, 0) is 0 Å². The lowest BCUT2D eigenvalue weighted by molar-refractivity contribution is 1.09.